The lowest BCUT2D eigenvalue weighted by molar-refractivity contribution is 0.0923. The number of hydrogen-bond donors (Lipinski definition) is 2. The van der Waals surface area contributed by atoms with Crippen LogP contribution in [0.3, 0.4) is 0 Å². The molecule has 1 fully saturated rings. The minimum absolute atomic E-state index is 0.100. The number of carbonyl (C=O) groups excluding carboxylic acids is 1. The Kier molecular flexibility index (Phi) is 7.39. The molecule has 2 aromatic heterocycles. The Balaban J connectivity index is 1.32. The zero-order valence-electron chi connectivity index (χ0n) is 18.7. The second kappa shape index (κ2) is 10.6. The van der Waals surface area contributed by atoms with Gasteiger partial charge in [0.05, 0.1) is 4.47 Å². The van der Waals surface area contributed by atoms with Crippen LogP contribution < -0.4 is 20.3 Å². The van der Waals surface area contributed by atoms with Gasteiger partial charge in [0.2, 0.25) is 11.8 Å². The summed E-state index contributed by atoms with van der Waals surface area (Å²) in [6.45, 7) is 0. The average molecular weight is 511 g/mol. The van der Waals surface area contributed by atoms with Crippen molar-refractivity contribution >= 4 is 33.6 Å². The highest BCUT2D eigenvalue weighted by Crippen LogP contribution is 2.26. The molecule has 33 heavy (non-hydrogen) atoms. The summed E-state index contributed by atoms with van der Waals surface area (Å²) in [5, 5.41) is 6.58. The fourth-order valence-electron chi connectivity index (χ4n) is 3.81. The largest absolute Gasteiger partial charge is 0.438 e. The third kappa shape index (κ3) is 5.98. The minimum atomic E-state index is -0.169. The van der Waals surface area contributed by atoms with Gasteiger partial charge in [-0.05, 0) is 65.9 Å². The predicted octanol–water partition coefficient (Wildman–Crippen LogP) is 4.65. The van der Waals surface area contributed by atoms with Crippen molar-refractivity contribution in [2.45, 2.75) is 37.8 Å². The summed E-state index contributed by atoms with van der Waals surface area (Å²) < 4.78 is 6.69. The Hall–Kier alpha value is -3.20. The number of halogens is 1. The van der Waals surface area contributed by atoms with Crippen molar-refractivity contribution in [3.8, 4) is 11.6 Å². The number of hydrogen-bond acceptors (Lipinski definition) is 7. The molecular formula is C24H27BrN6O2. The molecule has 0 atom stereocenters. The van der Waals surface area contributed by atoms with E-state index >= 15 is 0 Å². The van der Waals surface area contributed by atoms with Gasteiger partial charge in [-0.1, -0.05) is 18.2 Å². The molecule has 8 nitrogen and oxygen atoms in total. The standard InChI is InChI=1S/C24H27BrN6O2/c1-31(2)21-20(25)15-27-24(30-21)29-17-12-10-16(11-13-17)28-22(32)19-9-6-14-26-23(19)33-18-7-4-3-5-8-18/h3-9,14-17H,10-13H2,1-2H3,(H,28,32)(H,27,29,30). The molecule has 1 aromatic carbocycles. The van der Waals surface area contributed by atoms with E-state index < -0.39 is 0 Å². The number of aromatic nitrogens is 3. The van der Waals surface area contributed by atoms with E-state index in [4.69, 9.17) is 4.74 Å². The lowest BCUT2D eigenvalue weighted by Crippen LogP contribution is -2.40. The minimum Gasteiger partial charge on any atom is -0.438 e. The highest BCUT2D eigenvalue weighted by molar-refractivity contribution is 9.10. The van der Waals surface area contributed by atoms with Crippen LogP contribution in [0.15, 0.2) is 59.3 Å². The second-order valence-corrected chi connectivity index (χ2v) is 9.05. The lowest BCUT2D eigenvalue weighted by atomic mass is 9.91. The maximum atomic E-state index is 13.0. The van der Waals surface area contributed by atoms with E-state index in [0.717, 1.165) is 36.0 Å². The molecule has 9 heteroatoms. The summed E-state index contributed by atoms with van der Waals surface area (Å²) in [4.78, 5) is 28.1. The average Bonchev–Trinajstić information content (AvgIpc) is 2.82. The Morgan fingerprint density at radius 2 is 1.76 bits per heavy atom. The highest BCUT2D eigenvalue weighted by Gasteiger charge is 2.25. The Bertz CT molecular complexity index is 1090. The van der Waals surface area contributed by atoms with Crippen molar-refractivity contribution < 1.29 is 9.53 Å². The smallest absolute Gasteiger partial charge is 0.257 e. The van der Waals surface area contributed by atoms with Gasteiger partial charge in [-0.15, -0.1) is 0 Å². The van der Waals surface area contributed by atoms with Crippen molar-refractivity contribution in [3.63, 3.8) is 0 Å². The van der Waals surface area contributed by atoms with Crippen LogP contribution in [-0.2, 0) is 0 Å². The third-order valence-corrected chi connectivity index (χ3v) is 6.08. The lowest BCUT2D eigenvalue weighted by Gasteiger charge is -2.30. The van der Waals surface area contributed by atoms with Crippen molar-refractivity contribution in [3.05, 3.63) is 64.9 Å². The van der Waals surface area contributed by atoms with Crippen LogP contribution in [0.4, 0.5) is 11.8 Å². The van der Waals surface area contributed by atoms with E-state index in [1.54, 1.807) is 24.5 Å². The van der Waals surface area contributed by atoms with Crippen molar-refractivity contribution in [2.24, 2.45) is 0 Å². The SMILES string of the molecule is CN(C)c1nc(NC2CCC(NC(=O)c3cccnc3Oc3ccccc3)CC2)ncc1Br. The van der Waals surface area contributed by atoms with E-state index in [1.165, 1.54) is 0 Å². The Morgan fingerprint density at radius 1 is 1.03 bits per heavy atom. The van der Waals surface area contributed by atoms with Crippen LogP contribution in [-0.4, -0.2) is 47.0 Å². The predicted molar refractivity (Wildman–Crippen MR) is 132 cm³/mol. The molecule has 1 amide bonds. The number of ether oxygens (including phenoxy) is 1. The molecule has 2 heterocycles. The van der Waals surface area contributed by atoms with Gasteiger partial charge >= 0.3 is 0 Å². The van der Waals surface area contributed by atoms with Gasteiger partial charge in [-0.2, -0.15) is 4.98 Å². The van der Waals surface area contributed by atoms with Crippen molar-refractivity contribution in [1.82, 2.24) is 20.3 Å². The number of anilines is 2. The molecule has 0 bridgehead atoms. The summed E-state index contributed by atoms with van der Waals surface area (Å²) in [5.41, 5.74) is 0.432. The zero-order chi connectivity index (χ0) is 23.2. The molecular weight excluding hydrogens is 484 g/mol. The third-order valence-electron chi connectivity index (χ3n) is 5.52. The number of amides is 1. The fraction of sp³-hybridized carbons (Fsp3) is 0.333. The van der Waals surface area contributed by atoms with Crippen LogP contribution in [0.2, 0.25) is 0 Å². The highest BCUT2D eigenvalue weighted by atomic mass is 79.9. The fourth-order valence-corrected chi connectivity index (χ4v) is 4.36. The van der Waals surface area contributed by atoms with Gasteiger partial charge in [0.1, 0.15) is 17.1 Å². The molecule has 4 rings (SSSR count). The first kappa shape index (κ1) is 23.0. The summed E-state index contributed by atoms with van der Waals surface area (Å²) >= 11 is 3.48. The van der Waals surface area contributed by atoms with Gasteiger partial charge in [0.25, 0.3) is 5.91 Å². The van der Waals surface area contributed by atoms with Gasteiger partial charge in [0, 0.05) is 38.6 Å². The van der Waals surface area contributed by atoms with Gasteiger partial charge < -0.3 is 20.3 Å². The van der Waals surface area contributed by atoms with Gasteiger partial charge in [0.15, 0.2) is 0 Å². The van der Waals surface area contributed by atoms with Crippen LogP contribution in [0, 0.1) is 0 Å². The first-order valence-electron chi connectivity index (χ1n) is 10.9. The van der Waals surface area contributed by atoms with Gasteiger partial charge in [-0.25, -0.2) is 9.97 Å². The van der Waals surface area contributed by atoms with Gasteiger partial charge in [-0.3, -0.25) is 4.79 Å². The van der Waals surface area contributed by atoms with Crippen molar-refractivity contribution in [1.29, 1.82) is 0 Å². The summed E-state index contributed by atoms with van der Waals surface area (Å²) in [7, 11) is 3.90. The molecule has 0 unspecified atom stereocenters. The molecule has 0 saturated heterocycles. The number of benzene rings is 1. The topological polar surface area (TPSA) is 92.3 Å². The second-order valence-electron chi connectivity index (χ2n) is 8.20. The number of nitrogens with one attached hydrogen (secondary N) is 2. The maximum absolute atomic E-state index is 13.0. The first-order chi connectivity index (χ1) is 16.0. The first-order valence-corrected chi connectivity index (χ1v) is 11.7. The molecule has 1 aliphatic carbocycles. The summed E-state index contributed by atoms with van der Waals surface area (Å²) in [5.74, 6) is 2.23. The van der Waals surface area contributed by atoms with E-state index in [1.807, 2.05) is 49.3 Å². The normalized spacial score (nSPS) is 17.8. The monoisotopic (exact) mass is 510 g/mol. The zero-order valence-corrected chi connectivity index (χ0v) is 20.2. The van der Waals surface area contributed by atoms with Crippen LogP contribution in [0.25, 0.3) is 0 Å². The maximum Gasteiger partial charge on any atom is 0.257 e. The summed E-state index contributed by atoms with van der Waals surface area (Å²) in [6.07, 6.45) is 6.97. The number of pyridine rings is 1. The van der Waals surface area contributed by atoms with Crippen LogP contribution in [0.5, 0.6) is 11.6 Å². The Morgan fingerprint density at radius 3 is 2.48 bits per heavy atom. The summed E-state index contributed by atoms with van der Waals surface area (Å²) in [6, 6.07) is 13.2. The number of para-hydroxylation sites is 1. The molecule has 2 N–H and O–H groups in total. The van der Waals surface area contributed by atoms with E-state index in [9.17, 15) is 4.79 Å². The van der Waals surface area contributed by atoms with E-state index in [2.05, 4.69) is 41.5 Å². The molecule has 1 saturated carbocycles. The Labute approximate surface area is 201 Å². The number of carbonyl (C=O) groups is 1. The number of rotatable bonds is 7. The quantitative estimate of drug-likeness (QED) is 0.477. The molecule has 1 aliphatic rings. The molecule has 0 spiro atoms. The van der Waals surface area contributed by atoms with Crippen LogP contribution >= 0.6 is 15.9 Å². The molecule has 172 valence electrons. The van der Waals surface area contributed by atoms with E-state index in [-0.39, 0.29) is 18.0 Å². The van der Waals surface area contributed by atoms with Crippen LogP contribution in [0.1, 0.15) is 36.0 Å². The molecule has 0 radical (unpaired) electrons. The molecule has 0 aliphatic heterocycles. The van der Waals surface area contributed by atoms with E-state index in [0.29, 0.717) is 23.1 Å². The number of nitrogens with zero attached hydrogens (tertiary/aromatic N) is 4. The van der Waals surface area contributed by atoms with Crippen molar-refractivity contribution in [2.75, 3.05) is 24.3 Å². The molecule has 3 aromatic rings.